The first-order valence-electron chi connectivity index (χ1n) is 8.67. The average molecular weight is 371 g/mol. The van der Waals surface area contributed by atoms with Gasteiger partial charge in [-0.25, -0.2) is 0 Å². The van der Waals surface area contributed by atoms with E-state index in [4.69, 9.17) is 4.42 Å². The SMILES string of the molecule is CC(C)CC(NC(=O)CCCN(C)C)C(=O)c1nnc(SC(C)C)o1. The van der Waals surface area contributed by atoms with Gasteiger partial charge in [0.05, 0.1) is 6.04 Å². The normalized spacial score (nSPS) is 12.8. The molecular formula is C17H30N4O3S. The molecule has 1 amide bonds. The average Bonchev–Trinajstić information content (AvgIpc) is 2.92. The van der Waals surface area contributed by atoms with Crippen molar-refractivity contribution in [1.29, 1.82) is 0 Å². The largest absolute Gasteiger partial charge is 0.408 e. The Morgan fingerprint density at radius 3 is 2.44 bits per heavy atom. The number of rotatable bonds is 11. The van der Waals surface area contributed by atoms with Crippen LogP contribution in [-0.4, -0.2) is 58.7 Å². The second kappa shape index (κ2) is 10.6. The number of nitrogens with zero attached hydrogens (tertiary/aromatic N) is 3. The second-order valence-corrected chi connectivity index (χ2v) is 8.59. The number of Topliss-reactive ketones (excluding diaryl/α,β-unsaturated/α-hetero) is 1. The number of carbonyl (C=O) groups excluding carboxylic acids is 2. The molecule has 0 saturated carbocycles. The van der Waals surface area contributed by atoms with Crippen LogP contribution in [0.4, 0.5) is 0 Å². The molecule has 25 heavy (non-hydrogen) atoms. The fourth-order valence-corrected chi connectivity index (χ4v) is 2.85. The first-order valence-corrected chi connectivity index (χ1v) is 9.55. The molecule has 1 heterocycles. The summed E-state index contributed by atoms with van der Waals surface area (Å²) in [5.41, 5.74) is 0. The number of aromatic nitrogens is 2. The van der Waals surface area contributed by atoms with Gasteiger partial charge in [0.2, 0.25) is 11.7 Å². The van der Waals surface area contributed by atoms with E-state index in [-0.39, 0.29) is 28.7 Å². The molecule has 1 rings (SSSR count). The van der Waals surface area contributed by atoms with Crippen molar-refractivity contribution >= 4 is 23.5 Å². The molecule has 1 aromatic rings. The third-order valence-corrected chi connectivity index (χ3v) is 4.16. The standard InChI is InChI=1S/C17H30N4O3S/c1-11(2)10-13(18-14(22)8-7-9-21(5)6)15(23)16-19-20-17(24-16)25-12(3)4/h11-13H,7-10H2,1-6H3,(H,18,22). The molecule has 7 nitrogen and oxygen atoms in total. The number of thioether (sulfide) groups is 1. The Morgan fingerprint density at radius 1 is 1.20 bits per heavy atom. The van der Waals surface area contributed by atoms with Gasteiger partial charge in [-0.1, -0.05) is 39.5 Å². The van der Waals surface area contributed by atoms with Crippen LogP contribution in [0.5, 0.6) is 0 Å². The maximum Gasteiger partial charge on any atom is 0.286 e. The van der Waals surface area contributed by atoms with Gasteiger partial charge in [-0.2, -0.15) is 0 Å². The lowest BCUT2D eigenvalue weighted by Crippen LogP contribution is -2.42. The van der Waals surface area contributed by atoms with Crippen LogP contribution in [0, 0.1) is 5.92 Å². The lowest BCUT2D eigenvalue weighted by atomic mass is 10.00. The molecule has 1 N–H and O–H groups in total. The van der Waals surface area contributed by atoms with E-state index in [0.29, 0.717) is 18.1 Å². The van der Waals surface area contributed by atoms with E-state index < -0.39 is 6.04 Å². The molecule has 142 valence electrons. The maximum atomic E-state index is 12.7. The first-order chi connectivity index (χ1) is 11.7. The minimum Gasteiger partial charge on any atom is -0.408 e. The van der Waals surface area contributed by atoms with Crippen LogP contribution in [0.3, 0.4) is 0 Å². The van der Waals surface area contributed by atoms with Crippen molar-refractivity contribution in [3.05, 3.63) is 5.89 Å². The first kappa shape index (κ1) is 21.6. The molecule has 8 heteroatoms. The van der Waals surface area contributed by atoms with E-state index >= 15 is 0 Å². The third-order valence-electron chi connectivity index (χ3n) is 3.32. The summed E-state index contributed by atoms with van der Waals surface area (Å²) in [6.45, 7) is 8.85. The van der Waals surface area contributed by atoms with E-state index in [9.17, 15) is 9.59 Å². The zero-order valence-corrected chi connectivity index (χ0v) is 16.9. The molecule has 0 aliphatic rings. The Balaban J connectivity index is 2.71. The molecule has 0 aliphatic heterocycles. The number of nitrogens with one attached hydrogen (secondary N) is 1. The number of hydrogen-bond acceptors (Lipinski definition) is 7. The molecule has 0 fully saturated rings. The Hall–Kier alpha value is -1.41. The van der Waals surface area contributed by atoms with E-state index in [0.717, 1.165) is 13.0 Å². The third kappa shape index (κ3) is 8.49. The Morgan fingerprint density at radius 2 is 1.88 bits per heavy atom. The zero-order valence-electron chi connectivity index (χ0n) is 16.0. The number of amides is 1. The molecular weight excluding hydrogens is 340 g/mol. The number of ketones is 1. The van der Waals surface area contributed by atoms with Crippen LogP contribution in [0.25, 0.3) is 0 Å². The quantitative estimate of drug-likeness (QED) is 0.473. The number of carbonyl (C=O) groups is 2. The van der Waals surface area contributed by atoms with Crippen LogP contribution < -0.4 is 5.32 Å². The highest BCUT2D eigenvalue weighted by Gasteiger charge is 2.27. The van der Waals surface area contributed by atoms with Gasteiger partial charge in [0.25, 0.3) is 11.1 Å². The van der Waals surface area contributed by atoms with Crippen molar-refractivity contribution in [2.45, 2.75) is 63.5 Å². The van der Waals surface area contributed by atoms with Crippen LogP contribution in [-0.2, 0) is 4.79 Å². The molecule has 0 aliphatic carbocycles. The van der Waals surface area contributed by atoms with E-state index in [1.165, 1.54) is 11.8 Å². The Kier molecular flexibility index (Phi) is 9.13. The van der Waals surface area contributed by atoms with Crippen LogP contribution in [0.15, 0.2) is 9.64 Å². The summed E-state index contributed by atoms with van der Waals surface area (Å²) >= 11 is 1.41. The summed E-state index contributed by atoms with van der Waals surface area (Å²) in [6, 6.07) is -0.635. The monoisotopic (exact) mass is 370 g/mol. The summed E-state index contributed by atoms with van der Waals surface area (Å²) in [4.78, 5) is 26.8. The van der Waals surface area contributed by atoms with Gasteiger partial charge in [0.1, 0.15) is 0 Å². The molecule has 0 radical (unpaired) electrons. The van der Waals surface area contributed by atoms with Gasteiger partial charge in [0, 0.05) is 11.7 Å². The van der Waals surface area contributed by atoms with Gasteiger partial charge in [-0.15, -0.1) is 10.2 Å². The van der Waals surface area contributed by atoms with E-state index in [1.807, 2.05) is 46.7 Å². The van der Waals surface area contributed by atoms with Crippen molar-refractivity contribution in [3.63, 3.8) is 0 Å². The Labute approximate surface area is 154 Å². The highest BCUT2D eigenvalue weighted by Crippen LogP contribution is 2.22. The van der Waals surface area contributed by atoms with Gasteiger partial charge in [-0.05, 0) is 39.4 Å². The maximum absolute atomic E-state index is 12.7. The van der Waals surface area contributed by atoms with E-state index in [2.05, 4.69) is 15.5 Å². The fraction of sp³-hybridized carbons (Fsp3) is 0.765. The summed E-state index contributed by atoms with van der Waals surface area (Å²) in [7, 11) is 3.93. The lowest BCUT2D eigenvalue weighted by molar-refractivity contribution is -0.121. The van der Waals surface area contributed by atoms with Gasteiger partial charge >= 0.3 is 0 Å². The molecule has 0 bridgehead atoms. The van der Waals surface area contributed by atoms with Crippen molar-refractivity contribution in [2.24, 2.45) is 5.92 Å². The summed E-state index contributed by atoms with van der Waals surface area (Å²) < 4.78 is 5.45. The minimum atomic E-state index is -0.635. The van der Waals surface area contributed by atoms with Crippen molar-refractivity contribution < 1.29 is 14.0 Å². The van der Waals surface area contributed by atoms with Crippen molar-refractivity contribution in [1.82, 2.24) is 20.4 Å². The predicted octanol–water partition coefficient (Wildman–Crippen LogP) is 2.63. The predicted molar refractivity (Wildman–Crippen MR) is 98.8 cm³/mol. The number of hydrogen-bond donors (Lipinski definition) is 1. The van der Waals surface area contributed by atoms with Crippen LogP contribution in [0.1, 0.15) is 57.6 Å². The summed E-state index contributed by atoms with van der Waals surface area (Å²) in [5.74, 6) is -0.235. The van der Waals surface area contributed by atoms with Crippen LogP contribution in [0.2, 0.25) is 0 Å². The topological polar surface area (TPSA) is 88.3 Å². The molecule has 1 atom stereocenters. The van der Waals surface area contributed by atoms with Crippen molar-refractivity contribution in [2.75, 3.05) is 20.6 Å². The second-order valence-electron chi connectivity index (χ2n) is 7.06. The molecule has 0 spiro atoms. The fourth-order valence-electron chi connectivity index (χ4n) is 2.23. The van der Waals surface area contributed by atoms with Crippen LogP contribution >= 0.6 is 11.8 Å². The van der Waals surface area contributed by atoms with Gasteiger partial charge < -0.3 is 14.6 Å². The molecule has 0 aromatic carbocycles. The highest BCUT2D eigenvalue weighted by molar-refractivity contribution is 7.99. The van der Waals surface area contributed by atoms with Gasteiger partial charge in [0.15, 0.2) is 0 Å². The summed E-state index contributed by atoms with van der Waals surface area (Å²) in [5, 5.41) is 11.2. The molecule has 1 unspecified atom stereocenters. The van der Waals surface area contributed by atoms with E-state index in [1.54, 1.807) is 0 Å². The van der Waals surface area contributed by atoms with Crippen molar-refractivity contribution in [3.8, 4) is 0 Å². The molecule has 0 saturated heterocycles. The summed E-state index contributed by atoms with van der Waals surface area (Å²) in [6.07, 6.45) is 1.67. The van der Waals surface area contributed by atoms with Gasteiger partial charge in [-0.3, -0.25) is 9.59 Å². The smallest absolute Gasteiger partial charge is 0.286 e. The minimum absolute atomic E-state index is 0.0395. The lowest BCUT2D eigenvalue weighted by Gasteiger charge is -2.18. The highest BCUT2D eigenvalue weighted by atomic mass is 32.2. The Bertz CT molecular complexity index is 558. The molecule has 1 aromatic heterocycles. The zero-order chi connectivity index (χ0) is 19.0.